The number of rotatable bonds is 5. The Morgan fingerprint density at radius 3 is 2.61 bits per heavy atom. The number of amides is 1. The number of nitriles is 1. The Hall–Kier alpha value is -1.08. The van der Waals surface area contributed by atoms with Crippen molar-refractivity contribution in [2.45, 2.75) is 40.0 Å². The maximum absolute atomic E-state index is 11.8. The van der Waals surface area contributed by atoms with Crippen molar-refractivity contribution in [1.82, 2.24) is 5.32 Å². The zero-order chi connectivity index (χ0) is 13.6. The summed E-state index contributed by atoms with van der Waals surface area (Å²) in [6.07, 6.45) is 2.68. The van der Waals surface area contributed by atoms with Gasteiger partial charge in [0.05, 0.1) is 6.07 Å². The number of nitrogens with one attached hydrogen (secondary N) is 1. The highest BCUT2D eigenvalue weighted by atomic mass is 16.5. The predicted molar refractivity (Wildman–Crippen MR) is 69.7 cm³/mol. The molecule has 0 aromatic heterocycles. The van der Waals surface area contributed by atoms with E-state index in [1.54, 1.807) is 0 Å². The van der Waals surface area contributed by atoms with Gasteiger partial charge in [0.25, 0.3) is 0 Å². The second kappa shape index (κ2) is 6.75. The zero-order valence-electron chi connectivity index (χ0n) is 11.7. The molecule has 0 aliphatic carbocycles. The summed E-state index contributed by atoms with van der Waals surface area (Å²) in [5.41, 5.74) is 0.0627. The van der Waals surface area contributed by atoms with Gasteiger partial charge in [0.15, 0.2) is 0 Å². The van der Waals surface area contributed by atoms with Gasteiger partial charge in [-0.25, -0.2) is 0 Å². The molecule has 1 fully saturated rings. The molecule has 1 amide bonds. The van der Waals surface area contributed by atoms with Gasteiger partial charge >= 0.3 is 0 Å². The van der Waals surface area contributed by atoms with Crippen LogP contribution in [-0.2, 0) is 9.53 Å². The number of hydrogen-bond donors (Lipinski definition) is 1. The van der Waals surface area contributed by atoms with Crippen LogP contribution in [0.2, 0.25) is 0 Å². The van der Waals surface area contributed by atoms with Gasteiger partial charge < -0.3 is 10.1 Å². The maximum Gasteiger partial charge on any atom is 0.237 e. The molecule has 0 spiro atoms. The first-order valence-corrected chi connectivity index (χ1v) is 6.76. The van der Waals surface area contributed by atoms with Gasteiger partial charge in [0.1, 0.15) is 5.92 Å². The number of carbonyl (C=O) groups excluding carboxylic acids is 1. The van der Waals surface area contributed by atoms with E-state index < -0.39 is 5.92 Å². The third-order valence-electron chi connectivity index (χ3n) is 3.93. The average molecular weight is 252 g/mol. The first kappa shape index (κ1) is 15.0. The Morgan fingerprint density at radius 1 is 1.50 bits per heavy atom. The van der Waals surface area contributed by atoms with Crippen molar-refractivity contribution in [1.29, 1.82) is 5.26 Å². The van der Waals surface area contributed by atoms with E-state index >= 15 is 0 Å². The molecule has 1 N–H and O–H groups in total. The topological polar surface area (TPSA) is 62.1 Å². The molecule has 1 heterocycles. The molecule has 0 aromatic rings. The summed E-state index contributed by atoms with van der Waals surface area (Å²) in [4.78, 5) is 11.8. The fourth-order valence-electron chi connectivity index (χ4n) is 2.40. The smallest absolute Gasteiger partial charge is 0.237 e. The number of carbonyl (C=O) groups is 1. The lowest BCUT2D eigenvalue weighted by Crippen LogP contribution is -2.42. The molecular formula is C14H24N2O2. The summed E-state index contributed by atoms with van der Waals surface area (Å²) in [6, 6.07) is 2.04. The van der Waals surface area contributed by atoms with Crippen LogP contribution in [0.15, 0.2) is 0 Å². The molecule has 0 radical (unpaired) electrons. The van der Waals surface area contributed by atoms with E-state index in [-0.39, 0.29) is 11.3 Å². The van der Waals surface area contributed by atoms with E-state index in [4.69, 9.17) is 10.00 Å². The van der Waals surface area contributed by atoms with Gasteiger partial charge in [0, 0.05) is 19.8 Å². The molecule has 0 aromatic carbocycles. The third kappa shape index (κ3) is 3.99. The highest BCUT2D eigenvalue weighted by Gasteiger charge is 2.31. The first-order valence-electron chi connectivity index (χ1n) is 6.76. The minimum atomic E-state index is -0.518. The molecule has 4 nitrogen and oxygen atoms in total. The first-order chi connectivity index (χ1) is 8.51. The molecular weight excluding hydrogens is 228 g/mol. The molecule has 0 bridgehead atoms. The number of nitrogens with zero attached hydrogens (tertiary/aromatic N) is 1. The van der Waals surface area contributed by atoms with Crippen molar-refractivity contribution in [3.63, 3.8) is 0 Å². The number of hydrogen-bond acceptors (Lipinski definition) is 3. The second-order valence-electron chi connectivity index (χ2n) is 5.68. The minimum absolute atomic E-state index is 0.0627. The molecule has 1 aliphatic heterocycles. The van der Waals surface area contributed by atoms with Crippen LogP contribution in [0.4, 0.5) is 0 Å². The Morgan fingerprint density at radius 2 is 2.11 bits per heavy atom. The summed E-state index contributed by atoms with van der Waals surface area (Å²) >= 11 is 0. The largest absolute Gasteiger partial charge is 0.381 e. The summed E-state index contributed by atoms with van der Waals surface area (Å²) in [5, 5.41) is 11.8. The molecule has 18 heavy (non-hydrogen) atoms. The zero-order valence-corrected chi connectivity index (χ0v) is 11.7. The van der Waals surface area contributed by atoms with Gasteiger partial charge in [-0.1, -0.05) is 20.8 Å². The van der Waals surface area contributed by atoms with Crippen molar-refractivity contribution < 1.29 is 9.53 Å². The molecule has 0 saturated carbocycles. The molecule has 1 atom stereocenters. The van der Waals surface area contributed by atoms with E-state index in [2.05, 4.69) is 19.2 Å². The van der Waals surface area contributed by atoms with Crippen molar-refractivity contribution >= 4 is 5.91 Å². The lowest BCUT2D eigenvalue weighted by atomic mass is 9.74. The molecule has 1 rings (SSSR count). The summed E-state index contributed by atoms with van der Waals surface area (Å²) < 4.78 is 5.36. The van der Waals surface area contributed by atoms with Crippen LogP contribution in [0.1, 0.15) is 40.0 Å². The Kier molecular flexibility index (Phi) is 5.61. The van der Waals surface area contributed by atoms with Crippen molar-refractivity contribution in [2.24, 2.45) is 17.3 Å². The SMILES string of the molecule is CCC(C#N)C(=O)NCC(C)(C)C1CCOCC1. The molecule has 4 heteroatoms. The molecule has 1 aliphatic rings. The van der Waals surface area contributed by atoms with Crippen LogP contribution >= 0.6 is 0 Å². The molecule has 102 valence electrons. The van der Waals surface area contributed by atoms with E-state index in [1.807, 2.05) is 13.0 Å². The highest BCUT2D eigenvalue weighted by Crippen LogP contribution is 2.33. The van der Waals surface area contributed by atoms with Gasteiger partial charge in [-0.3, -0.25) is 4.79 Å². The van der Waals surface area contributed by atoms with E-state index in [0.717, 1.165) is 26.1 Å². The molecule has 1 saturated heterocycles. The lowest BCUT2D eigenvalue weighted by molar-refractivity contribution is -0.124. The molecule has 1 unspecified atom stereocenters. The third-order valence-corrected chi connectivity index (χ3v) is 3.93. The van der Waals surface area contributed by atoms with E-state index in [0.29, 0.717) is 18.9 Å². The van der Waals surface area contributed by atoms with E-state index in [1.165, 1.54) is 0 Å². The van der Waals surface area contributed by atoms with Crippen LogP contribution in [0.25, 0.3) is 0 Å². The van der Waals surface area contributed by atoms with Crippen molar-refractivity contribution in [3.8, 4) is 6.07 Å². The summed E-state index contributed by atoms with van der Waals surface area (Å²) in [7, 11) is 0. The Bertz CT molecular complexity index is 314. The summed E-state index contributed by atoms with van der Waals surface area (Å²) in [5.74, 6) is -0.0793. The van der Waals surface area contributed by atoms with Crippen LogP contribution < -0.4 is 5.32 Å². The Balaban J connectivity index is 2.45. The van der Waals surface area contributed by atoms with E-state index in [9.17, 15) is 4.79 Å². The maximum atomic E-state index is 11.8. The average Bonchev–Trinajstić information content (AvgIpc) is 2.39. The van der Waals surface area contributed by atoms with Crippen LogP contribution in [0.3, 0.4) is 0 Å². The second-order valence-corrected chi connectivity index (χ2v) is 5.68. The van der Waals surface area contributed by atoms with Gasteiger partial charge in [-0.2, -0.15) is 5.26 Å². The Labute approximate surface area is 110 Å². The summed E-state index contributed by atoms with van der Waals surface area (Å²) in [6.45, 7) is 8.48. The van der Waals surface area contributed by atoms with Crippen molar-refractivity contribution in [2.75, 3.05) is 19.8 Å². The van der Waals surface area contributed by atoms with Crippen LogP contribution in [0, 0.1) is 28.6 Å². The number of ether oxygens (including phenoxy) is 1. The normalized spacial score (nSPS) is 19.0. The lowest BCUT2D eigenvalue weighted by Gasteiger charge is -2.37. The van der Waals surface area contributed by atoms with Gasteiger partial charge in [-0.15, -0.1) is 0 Å². The highest BCUT2D eigenvalue weighted by molar-refractivity contribution is 5.80. The fourth-order valence-corrected chi connectivity index (χ4v) is 2.40. The van der Waals surface area contributed by atoms with Crippen LogP contribution in [-0.4, -0.2) is 25.7 Å². The van der Waals surface area contributed by atoms with Crippen LogP contribution in [0.5, 0.6) is 0 Å². The minimum Gasteiger partial charge on any atom is -0.381 e. The predicted octanol–water partition coefficient (Wildman–Crippen LogP) is 2.11. The van der Waals surface area contributed by atoms with Gasteiger partial charge in [0.2, 0.25) is 5.91 Å². The van der Waals surface area contributed by atoms with Crippen molar-refractivity contribution in [3.05, 3.63) is 0 Å². The fraction of sp³-hybridized carbons (Fsp3) is 0.857. The monoisotopic (exact) mass is 252 g/mol. The standard InChI is InChI=1S/C14H24N2O2/c1-4-11(9-15)13(17)16-10-14(2,3)12-5-7-18-8-6-12/h11-12H,4-8,10H2,1-3H3,(H,16,17). The van der Waals surface area contributed by atoms with Gasteiger partial charge in [-0.05, 0) is 30.6 Å². The quantitative estimate of drug-likeness (QED) is 0.815.